The van der Waals surface area contributed by atoms with E-state index in [4.69, 9.17) is 32.8 Å². The molecule has 0 aliphatic rings. The van der Waals surface area contributed by atoms with Crippen LogP contribution in [0.25, 0.3) is 0 Å². The zero-order valence-electron chi connectivity index (χ0n) is 19.1. The molecule has 0 aromatic heterocycles. The van der Waals surface area contributed by atoms with Gasteiger partial charge < -0.3 is 0 Å². The summed E-state index contributed by atoms with van der Waals surface area (Å²) in [6.07, 6.45) is -4.41. The Morgan fingerprint density at radius 3 is 1.23 bits per heavy atom. The molecule has 0 heterocycles. The van der Waals surface area contributed by atoms with Crippen LogP contribution in [0.15, 0.2) is 0 Å². The van der Waals surface area contributed by atoms with E-state index < -0.39 is 66.1 Å². The molecular weight excluding hydrogens is 456 g/mol. The Labute approximate surface area is 186 Å². The summed E-state index contributed by atoms with van der Waals surface area (Å²) in [5.41, 5.74) is 0. The summed E-state index contributed by atoms with van der Waals surface area (Å²) in [4.78, 5) is 58.8. The Bertz CT molecular complexity index is 554. The van der Waals surface area contributed by atoms with Crippen LogP contribution in [0.3, 0.4) is 0 Å². The Morgan fingerprint density at radius 1 is 0.677 bits per heavy atom. The van der Waals surface area contributed by atoms with Gasteiger partial charge in [-0.15, -0.1) is 0 Å². The average molecular weight is 488 g/mol. The maximum absolute atomic E-state index is 12.6. The molecule has 2 atom stereocenters. The van der Waals surface area contributed by atoms with Gasteiger partial charge in [0.15, 0.2) is 0 Å². The molecule has 0 aliphatic carbocycles. The predicted octanol–water partition coefficient (Wildman–Crippen LogP) is 1.59. The van der Waals surface area contributed by atoms with Crippen molar-refractivity contribution in [2.75, 3.05) is 13.2 Å². The first-order valence-electron chi connectivity index (χ1n) is 9.77. The van der Waals surface area contributed by atoms with E-state index in [0.29, 0.717) is 0 Å². The van der Waals surface area contributed by atoms with Crippen molar-refractivity contribution in [1.29, 1.82) is 0 Å². The molecule has 0 spiro atoms. The van der Waals surface area contributed by atoms with Gasteiger partial charge in [0.1, 0.15) is 0 Å². The van der Waals surface area contributed by atoms with Crippen LogP contribution in [-0.4, -0.2) is 61.1 Å². The molecule has 180 valence electrons. The molecule has 31 heavy (non-hydrogen) atoms. The van der Waals surface area contributed by atoms with Crippen LogP contribution in [0.5, 0.6) is 0 Å². The first kappa shape index (κ1) is 29.8. The van der Waals surface area contributed by atoms with Crippen molar-refractivity contribution in [3.63, 3.8) is 0 Å². The van der Waals surface area contributed by atoms with E-state index in [1.807, 2.05) is 0 Å². The summed E-state index contributed by atoms with van der Waals surface area (Å²) >= 11 is -5.58. The quantitative estimate of drug-likeness (QED) is 0.135. The van der Waals surface area contributed by atoms with Crippen molar-refractivity contribution in [2.45, 2.75) is 79.8 Å². The fourth-order valence-corrected chi connectivity index (χ4v) is 4.20. The minimum absolute atomic E-state index is 0.0165. The number of ketones is 2. The zero-order valence-corrected chi connectivity index (χ0v) is 20.7. The van der Waals surface area contributed by atoms with Crippen LogP contribution in [0.2, 0.25) is 0 Å². The van der Waals surface area contributed by atoms with Crippen molar-refractivity contribution in [3.05, 3.63) is 0 Å². The molecule has 0 saturated carbocycles. The standard InChI is InChI=1S/2C6H10O4.2C3H8O2.Ti/c2*1-3-10-5(4(2)7)6(8)9;2*1-3(2)5-4;/h2*5H,3H2,1-2H3,(H,8,9);2*3-4H,1-2H3;/q;;;;+4/p-4. The second kappa shape index (κ2) is 14.7. The monoisotopic (exact) mass is 488 g/mol. The molecule has 0 aromatic carbocycles. The van der Waals surface area contributed by atoms with Gasteiger partial charge in [0.05, 0.1) is 0 Å². The molecule has 0 aromatic rings. The normalized spacial score (nSPS) is 13.7. The van der Waals surface area contributed by atoms with Crippen molar-refractivity contribution in [1.82, 2.24) is 0 Å². The van der Waals surface area contributed by atoms with Gasteiger partial charge in [-0.1, -0.05) is 0 Å². The number of Topliss-reactive ketones (excluding diaryl/α,β-unsaturated/α-hetero) is 2. The number of rotatable bonds is 16. The van der Waals surface area contributed by atoms with Gasteiger partial charge >= 0.3 is 187 Å². The van der Waals surface area contributed by atoms with E-state index in [1.165, 1.54) is 0 Å². The Kier molecular flexibility index (Phi) is 14.2. The van der Waals surface area contributed by atoms with Crippen molar-refractivity contribution < 1.29 is 70.1 Å². The molecule has 13 heteroatoms. The van der Waals surface area contributed by atoms with Gasteiger partial charge in [-0.05, 0) is 0 Å². The SMILES string of the molecule is CCOC(C(C)=O)C(=O)[O][Ti]([O]OC(C)C)([O]OC(C)C)[O]C(=O)C(OCC)C(C)=O. The Morgan fingerprint density at radius 2 is 1.00 bits per heavy atom. The summed E-state index contributed by atoms with van der Waals surface area (Å²) in [5.74, 6) is -3.81. The summed E-state index contributed by atoms with van der Waals surface area (Å²) in [5, 5.41) is 0. The third-order valence-corrected chi connectivity index (χ3v) is 5.32. The van der Waals surface area contributed by atoms with E-state index in [0.717, 1.165) is 13.8 Å². The van der Waals surface area contributed by atoms with E-state index in [9.17, 15) is 19.2 Å². The minimum atomic E-state index is -5.58. The molecule has 0 radical (unpaired) electrons. The van der Waals surface area contributed by atoms with Crippen LogP contribution in [-0.2, 0) is 70.1 Å². The first-order valence-corrected chi connectivity index (χ1v) is 12.3. The molecule has 0 N–H and O–H groups in total. The number of hydrogen-bond acceptors (Lipinski definition) is 12. The van der Waals surface area contributed by atoms with Gasteiger partial charge in [0, 0.05) is 0 Å². The van der Waals surface area contributed by atoms with E-state index >= 15 is 0 Å². The van der Waals surface area contributed by atoms with Gasteiger partial charge in [-0.3, -0.25) is 0 Å². The van der Waals surface area contributed by atoms with Crippen LogP contribution >= 0.6 is 0 Å². The third-order valence-electron chi connectivity index (χ3n) is 2.97. The number of carbonyl (C=O) groups excluding carboxylic acids is 4. The van der Waals surface area contributed by atoms with Crippen molar-refractivity contribution in [3.8, 4) is 0 Å². The van der Waals surface area contributed by atoms with Crippen LogP contribution in [0.4, 0.5) is 0 Å². The van der Waals surface area contributed by atoms with Gasteiger partial charge in [-0.2, -0.15) is 0 Å². The molecule has 0 amide bonds. The maximum atomic E-state index is 12.6. The zero-order chi connectivity index (χ0) is 24.2. The molecule has 0 saturated heterocycles. The number of ether oxygens (including phenoxy) is 2. The number of hydrogen-bond donors (Lipinski definition) is 0. The molecule has 0 rings (SSSR count). The summed E-state index contributed by atoms with van der Waals surface area (Å²) in [6, 6.07) is 0. The average Bonchev–Trinajstić information content (AvgIpc) is 2.66. The van der Waals surface area contributed by atoms with E-state index in [2.05, 4.69) is 0 Å². The van der Waals surface area contributed by atoms with Crippen molar-refractivity contribution >= 4 is 23.5 Å². The molecule has 12 nitrogen and oxygen atoms in total. The third kappa shape index (κ3) is 11.3. The fraction of sp³-hybridized carbons (Fsp3) is 0.778. The van der Waals surface area contributed by atoms with Crippen LogP contribution in [0, 0.1) is 0 Å². The van der Waals surface area contributed by atoms with E-state index in [-0.39, 0.29) is 13.2 Å². The van der Waals surface area contributed by atoms with Crippen LogP contribution < -0.4 is 0 Å². The second-order valence-electron chi connectivity index (χ2n) is 6.69. The first-order chi connectivity index (χ1) is 14.4. The molecule has 2 unspecified atom stereocenters. The fourth-order valence-electron chi connectivity index (χ4n) is 1.80. The van der Waals surface area contributed by atoms with Gasteiger partial charge in [0.25, 0.3) is 0 Å². The predicted molar refractivity (Wildman–Crippen MR) is 99.0 cm³/mol. The van der Waals surface area contributed by atoms with Crippen LogP contribution in [0.1, 0.15) is 55.4 Å². The summed E-state index contributed by atoms with van der Waals surface area (Å²) < 4.78 is 30.8. The molecule has 0 fully saturated rings. The van der Waals surface area contributed by atoms with Gasteiger partial charge in [-0.25, -0.2) is 0 Å². The Hall–Kier alpha value is -1.25. The Balaban J connectivity index is 6.04. The second-order valence-corrected chi connectivity index (χ2v) is 9.41. The molecule has 0 bridgehead atoms. The topological polar surface area (TPSA) is 142 Å². The summed E-state index contributed by atoms with van der Waals surface area (Å²) in [6.45, 7) is 11.7. The van der Waals surface area contributed by atoms with E-state index in [1.54, 1.807) is 41.5 Å². The molecule has 0 aliphatic heterocycles. The molecular formula is C18H32O12Ti. The summed E-state index contributed by atoms with van der Waals surface area (Å²) in [7, 11) is 0. The van der Waals surface area contributed by atoms with Gasteiger partial charge in [0.2, 0.25) is 0 Å². The van der Waals surface area contributed by atoms with Crippen molar-refractivity contribution in [2.24, 2.45) is 0 Å². The number of carbonyl (C=O) groups is 4.